The van der Waals surface area contributed by atoms with Crippen LogP contribution in [-0.2, 0) is 10.3 Å². The van der Waals surface area contributed by atoms with Crippen molar-refractivity contribution in [3.05, 3.63) is 35.4 Å². The van der Waals surface area contributed by atoms with Gasteiger partial charge < -0.3 is 16.4 Å². The number of rotatable bonds is 4. The monoisotopic (exact) mass is 366 g/mol. The second-order valence-electron chi connectivity index (χ2n) is 6.62. The van der Waals surface area contributed by atoms with Crippen molar-refractivity contribution in [3.8, 4) is 0 Å². The topological polar surface area (TPSA) is 113 Å². The van der Waals surface area contributed by atoms with Crippen LogP contribution in [0.1, 0.15) is 42.1 Å². The van der Waals surface area contributed by atoms with E-state index in [9.17, 15) is 14.4 Å². The quantitative estimate of drug-likeness (QED) is 0.596. The molecule has 1 aliphatic heterocycles. The average Bonchev–Trinajstić information content (AvgIpc) is 3.11. The highest BCUT2D eigenvalue weighted by Gasteiger charge is 2.43. The lowest BCUT2D eigenvalue weighted by Crippen LogP contribution is -2.41. The Balaban J connectivity index is 0.00000225. The van der Waals surface area contributed by atoms with Gasteiger partial charge in [0.2, 0.25) is 0 Å². The summed E-state index contributed by atoms with van der Waals surface area (Å²) in [7, 11) is 0. The molecule has 0 radical (unpaired) electrons. The van der Waals surface area contributed by atoms with Crippen LogP contribution in [0, 0.1) is 5.92 Å². The van der Waals surface area contributed by atoms with Crippen LogP contribution >= 0.6 is 12.4 Å². The summed E-state index contributed by atoms with van der Waals surface area (Å²) in [4.78, 5) is 35.7. The number of hydrogen-bond donors (Lipinski definition) is 4. The predicted molar refractivity (Wildman–Crippen MR) is 95.4 cm³/mol. The zero-order chi connectivity index (χ0) is 17.3. The fraction of sp³-hybridized carbons (Fsp3) is 0.471. The number of carbonyl (C=O) groups is 3. The Morgan fingerprint density at radius 2 is 1.96 bits per heavy atom. The van der Waals surface area contributed by atoms with Crippen molar-refractivity contribution in [1.29, 1.82) is 0 Å². The Bertz CT molecular complexity index is 679. The van der Waals surface area contributed by atoms with Gasteiger partial charge in [-0.05, 0) is 49.9 Å². The molecule has 1 saturated heterocycles. The van der Waals surface area contributed by atoms with E-state index in [1.54, 1.807) is 31.2 Å². The molecular formula is C17H23ClN4O3. The first-order chi connectivity index (χ1) is 11.4. The van der Waals surface area contributed by atoms with Crippen LogP contribution < -0.4 is 21.7 Å². The number of benzene rings is 1. The summed E-state index contributed by atoms with van der Waals surface area (Å²) in [5.41, 5.74) is 5.79. The summed E-state index contributed by atoms with van der Waals surface area (Å²) in [6, 6.07) is 6.32. The molecule has 3 unspecified atom stereocenters. The van der Waals surface area contributed by atoms with Crippen molar-refractivity contribution in [1.82, 2.24) is 16.0 Å². The van der Waals surface area contributed by atoms with E-state index in [1.807, 2.05) is 0 Å². The minimum Gasteiger partial charge on any atom is -0.349 e. The lowest BCUT2D eigenvalue weighted by molar-refractivity contribution is -0.123. The highest BCUT2D eigenvalue weighted by Crippen LogP contribution is 2.26. The largest absolute Gasteiger partial charge is 0.349 e. The number of nitrogens with two attached hydrogens (primary N) is 1. The Morgan fingerprint density at radius 1 is 1.28 bits per heavy atom. The highest BCUT2D eigenvalue weighted by molar-refractivity contribution is 6.07. The first-order valence-corrected chi connectivity index (χ1v) is 8.19. The normalized spacial score (nSPS) is 28.1. The predicted octanol–water partition coefficient (Wildman–Crippen LogP) is 1.02. The summed E-state index contributed by atoms with van der Waals surface area (Å²) in [6.45, 7) is 2.21. The molecule has 1 heterocycles. The van der Waals surface area contributed by atoms with E-state index in [0.29, 0.717) is 23.6 Å². The molecule has 0 bridgehead atoms. The van der Waals surface area contributed by atoms with Gasteiger partial charge in [0, 0.05) is 11.6 Å². The zero-order valence-electron chi connectivity index (χ0n) is 14.0. The molecule has 3 rings (SSSR count). The van der Waals surface area contributed by atoms with Crippen LogP contribution in [-0.4, -0.2) is 30.4 Å². The van der Waals surface area contributed by atoms with Crippen molar-refractivity contribution in [2.45, 2.75) is 37.8 Å². The summed E-state index contributed by atoms with van der Waals surface area (Å²) < 4.78 is 0. The van der Waals surface area contributed by atoms with Gasteiger partial charge in [-0.1, -0.05) is 18.6 Å². The summed E-state index contributed by atoms with van der Waals surface area (Å²) >= 11 is 0. The van der Waals surface area contributed by atoms with Gasteiger partial charge in [0.05, 0.1) is 0 Å². The molecule has 1 aromatic carbocycles. The van der Waals surface area contributed by atoms with E-state index < -0.39 is 17.5 Å². The summed E-state index contributed by atoms with van der Waals surface area (Å²) in [5, 5.41) is 7.87. The van der Waals surface area contributed by atoms with Crippen molar-refractivity contribution in [3.63, 3.8) is 0 Å². The van der Waals surface area contributed by atoms with E-state index in [0.717, 1.165) is 19.3 Å². The number of amides is 4. The molecule has 1 aliphatic carbocycles. The Morgan fingerprint density at radius 3 is 2.52 bits per heavy atom. The van der Waals surface area contributed by atoms with Crippen LogP contribution in [0.3, 0.4) is 0 Å². The number of imide groups is 1. The van der Waals surface area contributed by atoms with Crippen LogP contribution in [0.25, 0.3) is 0 Å². The van der Waals surface area contributed by atoms with Crippen molar-refractivity contribution in [2.75, 3.05) is 6.54 Å². The average molecular weight is 367 g/mol. The molecule has 0 spiro atoms. The molecule has 136 valence electrons. The van der Waals surface area contributed by atoms with Gasteiger partial charge in [-0.15, -0.1) is 12.4 Å². The lowest BCUT2D eigenvalue weighted by Gasteiger charge is -2.22. The second-order valence-corrected chi connectivity index (χ2v) is 6.62. The van der Waals surface area contributed by atoms with Gasteiger partial charge >= 0.3 is 6.03 Å². The minimum absolute atomic E-state index is 0. The van der Waals surface area contributed by atoms with Gasteiger partial charge in [-0.25, -0.2) is 4.79 Å². The Kier molecular flexibility index (Phi) is 5.69. The molecule has 1 saturated carbocycles. The fourth-order valence-corrected chi connectivity index (χ4v) is 3.46. The van der Waals surface area contributed by atoms with Crippen LogP contribution in [0.15, 0.2) is 24.3 Å². The molecule has 2 fully saturated rings. The standard InChI is InChI=1S/C17H22N4O3.ClH/c1-17(15(23)20-16(24)21-17)12-7-5-10(6-8-12)14(22)19-13-4-2-3-11(13)9-18;/h5-8,11,13H,2-4,9,18H2,1H3,(H,19,22)(H2,20,21,23,24);1H. The maximum atomic E-state index is 12.4. The van der Waals surface area contributed by atoms with Gasteiger partial charge in [0.1, 0.15) is 5.54 Å². The van der Waals surface area contributed by atoms with Crippen LogP contribution in [0.4, 0.5) is 4.79 Å². The molecule has 3 atom stereocenters. The molecule has 5 N–H and O–H groups in total. The number of urea groups is 1. The molecule has 2 aliphatic rings. The molecule has 0 aromatic heterocycles. The van der Waals surface area contributed by atoms with Crippen molar-refractivity contribution < 1.29 is 14.4 Å². The van der Waals surface area contributed by atoms with Crippen molar-refractivity contribution in [2.24, 2.45) is 11.7 Å². The van der Waals surface area contributed by atoms with Gasteiger partial charge in [-0.3, -0.25) is 14.9 Å². The second kappa shape index (κ2) is 7.41. The third kappa shape index (κ3) is 3.62. The maximum Gasteiger partial charge on any atom is 0.322 e. The van der Waals surface area contributed by atoms with Crippen molar-refractivity contribution >= 4 is 30.3 Å². The first-order valence-electron chi connectivity index (χ1n) is 8.19. The minimum atomic E-state index is -1.11. The SMILES string of the molecule is CC1(c2ccc(C(=O)NC3CCCC3CN)cc2)NC(=O)NC1=O.Cl. The summed E-state index contributed by atoms with van der Waals surface area (Å²) in [5.74, 6) is -0.206. The van der Waals surface area contributed by atoms with Gasteiger partial charge in [0.25, 0.3) is 11.8 Å². The third-order valence-corrected chi connectivity index (χ3v) is 5.05. The number of nitrogens with one attached hydrogen (secondary N) is 3. The Labute approximate surface area is 152 Å². The van der Waals surface area contributed by atoms with Gasteiger partial charge in [-0.2, -0.15) is 0 Å². The maximum absolute atomic E-state index is 12.4. The fourth-order valence-electron chi connectivity index (χ4n) is 3.46. The molecular weight excluding hydrogens is 344 g/mol. The third-order valence-electron chi connectivity index (χ3n) is 5.05. The van der Waals surface area contributed by atoms with E-state index in [1.165, 1.54) is 0 Å². The number of carbonyl (C=O) groups excluding carboxylic acids is 3. The molecule has 7 nitrogen and oxygen atoms in total. The molecule has 25 heavy (non-hydrogen) atoms. The van der Waals surface area contributed by atoms with E-state index in [2.05, 4.69) is 16.0 Å². The molecule has 1 aromatic rings. The number of halogens is 1. The highest BCUT2D eigenvalue weighted by atomic mass is 35.5. The molecule has 4 amide bonds. The lowest BCUT2D eigenvalue weighted by atomic mass is 9.91. The molecule has 8 heteroatoms. The van der Waals surface area contributed by atoms with Crippen LogP contribution in [0.5, 0.6) is 0 Å². The van der Waals surface area contributed by atoms with E-state index in [-0.39, 0.29) is 24.4 Å². The van der Waals surface area contributed by atoms with E-state index in [4.69, 9.17) is 5.73 Å². The summed E-state index contributed by atoms with van der Waals surface area (Å²) in [6.07, 6.45) is 3.09. The van der Waals surface area contributed by atoms with Crippen LogP contribution in [0.2, 0.25) is 0 Å². The Hall–Kier alpha value is -2.12. The van der Waals surface area contributed by atoms with E-state index >= 15 is 0 Å². The zero-order valence-corrected chi connectivity index (χ0v) is 14.8. The first kappa shape index (κ1) is 19.2. The smallest absolute Gasteiger partial charge is 0.322 e. The number of hydrogen-bond acceptors (Lipinski definition) is 4. The van der Waals surface area contributed by atoms with Gasteiger partial charge in [0.15, 0.2) is 0 Å².